The van der Waals surface area contributed by atoms with Crippen molar-refractivity contribution >= 4 is 17.3 Å². The van der Waals surface area contributed by atoms with Crippen molar-refractivity contribution in [3.05, 3.63) is 53.3 Å². The van der Waals surface area contributed by atoms with Crippen molar-refractivity contribution in [1.82, 2.24) is 4.98 Å². The first-order chi connectivity index (χ1) is 8.56. The Kier molecular flexibility index (Phi) is 3.28. The predicted molar refractivity (Wildman–Crippen MR) is 72.5 cm³/mol. The molecule has 1 aromatic carbocycles. The molecule has 18 heavy (non-hydrogen) atoms. The van der Waals surface area contributed by atoms with Crippen molar-refractivity contribution in [3.63, 3.8) is 0 Å². The number of carbonyl (C=O) groups is 1. The monoisotopic (exact) mass is 241 g/mol. The quantitative estimate of drug-likeness (QED) is 0.794. The molecular weight excluding hydrogens is 226 g/mol. The number of nitrogens with zero attached hydrogens (tertiary/aromatic N) is 1. The van der Waals surface area contributed by atoms with Crippen LogP contribution in [0.3, 0.4) is 0 Å². The molecule has 1 aromatic heterocycles. The lowest BCUT2D eigenvalue weighted by molar-refractivity contribution is 0.102. The van der Waals surface area contributed by atoms with Gasteiger partial charge in [-0.3, -0.25) is 9.78 Å². The lowest BCUT2D eigenvalue weighted by atomic mass is 10.1. The number of pyridine rings is 1. The van der Waals surface area contributed by atoms with Crippen molar-refractivity contribution in [1.29, 1.82) is 0 Å². The summed E-state index contributed by atoms with van der Waals surface area (Å²) in [6, 6.07) is 8.93. The van der Waals surface area contributed by atoms with Crippen LogP contribution in [0, 0.1) is 13.8 Å². The minimum Gasteiger partial charge on any atom is -0.398 e. The van der Waals surface area contributed by atoms with Crippen LogP contribution in [0.2, 0.25) is 0 Å². The molecule has 0 bridgehead atoms. The van der Waals surface area contributed by atoms with Gasteiger partial charge in [0.1, 0.15) is 0 Å². The van der Waals surface area contributed by atoms with Crippen molar-refractivity contribution in [3.8, 4) is 0 Å². The minimum absolute atomic E-state index is 0.210. The molecule has 0 fully saturated rings. The Morgan fingerprint density at radius 3 is 2.67 bits per heavy atom. The van der Waals surface area contributed by atoms with Crippen LogP contribution < -0.4 is 11.1 Å². The van der Waals surface area contributed by atoms with Crippen LogP contribution >= 0.6 is 0 Å². The van der Waals surface area contributed by atoms with E-state index in [9.17, 15) is 4.79 Å². The van der Waals surface area contributed by atoms with Crippen LogP contribution in [-0.2, 0) is 0 Å². The van der Waals surface area contributed by atoms with Gasteiger partial charge in [0.2, 0.25) is 0 Å². The summed E-state index contributed by atoms with van der Waals surface area (Å²) in [4.78, 5) is 16.1. The molecule has 0 aliphatic heterocycles. The van der Waals surface area contributed by atoms with E-state index < -0.39 is 0 Å². The van der Waals surface area contributed by atoms with Crippen LogP contribution in [0.15, 0.2) is 36.5 Å². The molecule has 4 nitrogen and oxygen atoms in total. The number of nitrogens with two attached hydrogens (primary N) is 1. The molecule has 0 aliphatic rings. The number of hydrogen-bond acceptors (Lipinski definition) is 3. The number of aromatic nitrogens is 1. The van der Waals surface area contributed by atoms with Crippen molar-refractivity contribution in [2.24, 2.45) is 0 Å². The van der Waals surface area contributed by atoms with Gasteiger partial charge in [0.05, 0.1) is 5.56 Å². The van der Waals surface area contributed by atoms with E-state index in [-0.39, 0.29) is 5.91 Å². The Balaban J connectivity index is 2.22. The largest absolute Gasteiger partial charge is 0.398 e. The Labute approximate surface area is 106 Å². The van der Waals surface area contributed by atoms with E-state index >= 15 is 0 Å². The number of anilines is 2. The summed E-state index contributed by atoms with van der Waals surface area (Å²) in [6.07, 6.45) is 1.66. The molecule has 0 saturated carbocycles. The van der Waals surface area contributed by atoms with Gasteiger partial charge in [0.25, 0.3) is 5.91 Å². The van der Waals surface area contributed by atoms with E-state index in [1.807, 2.05) is 26.0 Å². The highest BCUT2D eigenvalue weighted by Gasteiger charge is 2.09. The maximum Gasteiger partial charge on any atom is 0.257 e. The first-order valence-electron chi connectivity index (χ1n) is 5.66. The lowest BCUT2D eigenvalue weighted by Gasteiger charge is -2.08. The van der Waals surface area contributed by atoms with Gasteiger partial charge in [0.15, 0.2) is 0 Å². The average Bonchev–Trinajstić information content (AvgIpc) is 2.28. The summed E-state index contributed by atoms with van der Waals surface area (Å²) >= 11 is 0. The number of nitrogen functional groups attached to an aromatic ring is 1. The third-order valence-corrected chi connectivity index (χ3v) is 2.61. The van der Waals surface area contributed by atoms with E-state index in [0.29, 0.717) is 16.9 Å². The average molecular weight is 241 g/mol. The Morgan fingerprint density at radius 1 is 1.22 bits per heavy atom. The summed E-state index contributed by atoms with van der Waals surface area (Å²) in [6.45, 7) is 3.81. The molecule has 1 heterocycles. The van der Waals surface area contributed by atoms with Gasteiger partial charge in [0, 0.05) is 23.3 Å². The molecule has 92 valence electrons. The fraction of sp³-hybridized carbons (Fsp3) is 0.143. The number of benzene rings is 1. The van der Waals surface area contributed by atoms with Crippen LogP contribution in [0.5, 0.6) is 0 Å². The second-order valence-corrected chi connectivity index (χ2v) is 4.23. The lowest BCUT2D eigenvalue weighted by Crippen LogP contribution is -2.14. The van der Waals surface area contributed by atoms with Gasteiger partial charge in [-0.05, 0) is 43.7 Å². The normalized spacial score (nSPS) is 10.1. The number of carbonyl (C=O) groups excluding carboxylic acids is 1. The molecule has 1 amide bonds. The first-order valence-corrected chi connectivity index (χ1v) is 5.66. The second-order valence-electron chi connectivity index (χ2n) is 4.23. The molecule has 0 spiro atoms. The summed E-state index contributed by atoms with van der Waals surface area (Å²) in [7, 11) is 0. The maximum absolute atomic E-state index is 12.0. The van der Waals surface area contributed by atoms with E-state index in [2.05, 4.69) is 10.3 Å². The number of amides is 1. The highest BCUT2D eigenvalue weighted by Crippen LogP contribution is 2.16. The molecule has 0 atom stereocenters. The van der Waals surface area contributed by atoms with Gasteiger partial charge in [-0.15, -0.1) is 0 Å². The molecule has 2 aromatic rings. The summed E-state index contributed by atoms with van der Waals surface area (Å²) in [5.41, 5.74) is 9.40. The fourth-order valence-corrected chi connectivity index (χ4v) is 1.71. The molecule has 4 heteroatoms. The summed E-state index contributed by atoms with van der Waals surface area (Å²) in [5, 5.41) is 2.80. The van der Waals surface area contributed by atoms with Gasteiger partial charge in [-0.1, -0.05) is 6.07 Å². The Hall–Kier alpha value is -2.36. The molecule has 2 rings (SSSR count). The van der Waals surface area contributed by atoms with Crippen molar-refractivity contribution in [2.75, 3.05) is 11.1 Å². The third-order valence-electron chi connectivity index (χ3n) is 2.61. The molecule has 0 aliphatic carbocycles. The van der Waals surface area contributed by atoms with Crippen LogP contribution in [0.4, 0.5) is 11.4 Å². The molecule has 0 unspecified atom stereocenters. The maximum atomic E-state index is 12.0. The number of rotatable bonds is 2. The fourth-order valence-electron chi connectivity index (χ4n) is 1.71. The van der Waals surface area contributed by atoms with E-state index in [1.54, 1.807) is 24.4 Å². The zero-order valence-electron chi connectivity index (χ0n) is 10.4. The van der Waals surface area contributed by atoms with Gasteiger partial charge < -0.3 is 11.1 Å². The molecule has 0 radical (unpaired) electrons. The zero-order chi connectivity index (χ0) is 13.1. The first kappa shape index (κ1) is 12.1. The van der Waals surface area contributed by atoms with Gasteiger partial charge in [-0.2, -0.15) is 0 Å². The third kappa shape index (κ3) is 2.66. The standard InChI is InChI=1S/C14H15N3O/c1-9-3-4-12(13(15)7-9)14(18)17-11-5-6-16-10(2)8-11/h3-8H,15H2,1-2H3,(H,16,17,18). The number of aryl methyl sites for hydroxylation is 2. The number of hydrogen-bond donors (Lipinski definition) is 2. The SMILES string of the molecule is Cc1ccc(C(=O)Nc2ccnc(C)c2)c(N)c1. The smallest absolute Gasteiger partial charge is 0.257 e. The topological polar surface area (TPSA) is 68.0 Å². The van der Waals surface area contributed by atoms with Crippen LogP contribution in [0.25, 0.3) is 0 Å². The van der Waals surface area contributed by atoms with Crippen molar-refractivity contribution in [2.45, 2.75) is 13.8 Å². The van der Waals surface area contributed by atoms with E-state index in [4.69, 9.17) is 5.73 Å². The minimum atomic E-state index is -0.210. The van der Waals surface area contributed by atoms with Gasteiger partial charge in [-0.25, -0.2) is 0 Å². The molecule has 0 saturated heterocycles. The Morgan fingerprint density at radius 2 is 2.00 bits per heavy atom. The molecular formula is C14H15N3O. The molecule has 3 N–H and O–H groups in total. The van der Waals surface area contributed by atoms with Crippen LogP contribution in [-0.4, -0.2) is 10.9 Å². The zero-order valence-corrected chi connectivity index (χ0v) is 10.4. The second kappa shape index (κ2) is 4.87. The highest BCUT2D eigenvalue weighted by molar-refractivity contribution is 6.07. The Bertz CT molecular complexity index is 593. The predicted octanol–water partition coefficient (Wildman–Crippen LogP) is 2.53. The highest BCUT2D eigenvalue weighted by atomic mass is 16.1. The van der Waals surface area contributed by atoms with Gasteiger partial charge >= 0.3 is 0 Å². The van der Waals surface area contributed by atoms with Crippen LogP contribution in [0.1, 0.15) is 21.6 Å². The van der Waals surface area contributed by atoms with E-state index in [0.717, 1.165) is 11.3 Å². The summed E-state index contributed by atoms with van der Waals surface area (Å²) < 4.78 is 0. The number of nitrogens with one attached hydrogen (secondary N) is 1. The summed E-state index contributed by atoms with van der Waals surface area (Å²) in [5.74, 6) is -0.210. The van der Waals surface area contributed by atoms with E-state index in [1.165, 1.54) is 0 Å². The van der Waals surface area contributed by atoms with Crippen molar-refractivity contribution < 1.29 is 4.79 Å².